The molecule has 0 radical (unpaired) electrons. The van der Waals surface area contributed by atoms with Crippen LogP contribution in [0.4, 0.5) is 0 Å². The van der Waals surface area contributed by atoms with Crippen molar-refractivity contribution in [3.05, 3.63) is 0 Å². The summed E-state index contributed by atoms with van der Waals surface area (Å²) in [5.74, 6) is -0.330. The fourth-order valence-corrected chi connectivity index (χ4v) is 3.10. The Morgan fingerprint density at radius 2 is 2.42 bits per heavy atom. The van der Waals surface area contributed by atoms with Crippen LogP contribution in [0.15, 0.2) is 0 Å². The third kappa shape index (κ3) is 0.998. The minimum absolute atomic E-state index is 0.00241. The summed E-state index contributed by atoms with van der Waals surface area (Å²) < 4.78 is 0. The first-order chi connectivity index (χ1) is 5.70. The van der Waals surface area contributed by atoms with Crippen molar-refractivity contribution < 1.29 is 14.7 Å². The largest absolute Gasteiger partial charge is 0.480 e. The number of carboxylic acid groups (broad SMARTS) is 1. The Hall–Kier alpha value is -0.710. The van der Waals surface area contributed by atoms with Gasteiger partial charge in [-0.3, -0.25) is 4.79 Å². The summed E-state index contributed by atoms with van der Waals surface area (Å²) in [6, 6.07) is -0.574. The van der Waals surface area contributed by atoms with E-state index in [-0.39, 0.29) is 11.3 Å². The van der Waals surface area contributed by atoms with Crippen LogP contribution in [-0.2, 0) is 9.59 Å². The quantitative estimate of drug-likeness (QED) is 0.634. The average molecular weight is 187 g/mol. The number of carbonyl (C=O) groups excluding carboxylic acids is 1. The third-order valence-electron chi connectivity index (χ3n) is 2.27. The molecular weight excluding hydrogens is 178 g/mol. The minimum atomic E-state index is -0.875. The molecule has 2 rings (SSSR count). The molecule has 0 aromatic rings. The molecule has 1 amide bonds. The molecule has 0 bridgehead atoms. The van der Waals surface area contributed by atoms with Crippen LogP contribution in [0.1, 0.15) is 12.8 Å². The SMILES string of the molecule is O=C(O)[C@@H]1CSC2CCC(=O)N21. The normalized spacial score (nSPS) is 34.0. The summed E-state index contributed by atoms with van der Waals surface area (Å²) in [5.41, 5.74) is 0. The van der Waals surface area contributed by atoms with E-state index in [1.807, 2.05) is 0 Å². The van der Waals surface area contributed by atoms with Gasteiger partial charge in [-0.25, -0.2) is 4.79 Å². The lowest BCUT2D eigenvalue weighted by Gasteiger charge is -2.19. The van der Waals surface area contributed by atoms with Crippen LogP contribution < -0.4 is 0 Å². The van der Waals surface area contributed by atoms with Crippen LogP contribution in [0, 0.1) is 0 Å². The molecule has 0 saturated carbocycles. The minimum Gasteiger partial charge on any atom is -0.480 e. The van der Waals surface area contributed by atoms with Crippen LogP contribution in [0.2, 0.25) is 0 Å². The summed E-state index contributed by atoms with van der Waals surface area (Å²) >= 11 is 1.58. The molecule has 12 heavy (non-hydrogen) atoms. The van der Waals surface area contributed by atoms with E-state index in [1.165, 1.54) is 4.90 Å². The van der Waals surface area contributed by atoms with E-state index >= 15 is 0 Å². The zero-order valence-electron chi connectivity index (χ0n) is 6.40. The number of fused-ring (bicyclic) bond motifs is 1. The maximum Gasteiger partial charge on any atom is 0.327 e. The Balaban J connectivity index is 2.19. The van der Waals surface area contributed by atoms with Crippen molar-refractivity contribution in [1.29, 1.82) is 0 Å². The van der Waals surface area contributed by atoms with Gasteiger partial charge in [0.1, 0.15) is 6.04 Å². The highest BCUT2D eigenvalue weighted by Crippen LogP contribution is 2.37. The van der Waals surface area contributed by atoms with Crippen molar-refractivity contribution in [1.82, 2.24) is 4.90 Å². The summed E-state index contributed by atoms with van der Waals surface area (Å²) in [6.07, 6.45) is 1.33. The third-order valence-corrected chi connectivity index (χ3v) is 3.63. The maximum absolute atomic E-state index is 11.2. The number of aliphatic carboxylic acids is 1. The summed E-state index contributed by atoms with van der Waals surface area (Å²) in [5, 5.41) is 8.91. The number of hydrogen-bond acceptors (Lipinski definition) is 3. The highest BCUT2D eigenvalue weighted by molar-refractivity contribution is 8.00. The Labute approximate surface area is 73.9 Å². The van der Waals surface area contributed by atoms with E-state index in [0.717, 1.165) is 6.42 Å². The van der Waals surface area contributed by atoms with Crippen molar-refractivity contribution in [2.24, 2.45) is 0 Å². The first kappa shape index (κ1) is 7.91. The molecule has 2 fully saturated rings. The standard InChI is InChI=1S/C7H9NO3S/c9-5-1-2-6-8(5)4(3-12-6)7(10)11/h4,6H,1-3H2,(H,10,11)/t4-,6?/m0/s1. The highest BCUT2D eigenvalue weighted by Gasteiger charge is 2.45. The number of hydrogen-bond donors (Lipinski definition) is 1. The Bertz CT molecular complexity index is 243. The molecule has 0 spiro atoms. The molecule has 0 aromatic heterocycles. The van der Waals surface area contributed by atoms with Gasteiger partial charge in [0.05, 0.1) is 5.37 Å². The van der Waals surface area contributed by atoms with Crippen molar-refractivity contribution in [2.75, 3.05) is 5.75 Å². The Kier molecular flexibility index (Phi) is 1.75. The molecule has 1 N–H and O–H groups in total. The lowest BCUT2D eigenvalue weighted by atomic mass is 10.3. The topological polar surface area (TPSA) is 57.6 Å². The van der Waals surface area contributed by atoms with E-state index in [2.05, 4.69) is 0 Å². The highest BCUT2D eigenvalue weighted by atomic mass is 32.2. The van der Waals surface area contributed by atoms with E-state index in [1.54, 1.807) is 11.8 Å². The van der Waals surface area contributed by atoms with Crippen molar-refractivity contribution in [2.45, 2.75) is 24.3 Å². The van der Waals surface area contributed by atoms with Gasteiger partial charge >= 0.3 is 5.97 Å². The first-order valence-corrected chi connectivity index (χ1v) is 4.90. The monoisotopic (exact) mass is 187 g/mol. The van der Waals surface area contributed by atoms with Crippen LogP contribution in [0.25, 0.3) is 0 Å². The predicted molar refractivity (Wildman–Crippen MR) is 43.7 cm³/mol. The van der Waals surface area contributed by atoms with E-state index in [4.69, 9.17) is 5.11 Å². The molecule has 66 valence electrons. The second-order valence-corrected chi connectivity index (χ2v) is 4.19. The molecule has 2 aliphatic heterocycles. The van der Waals surface area contributed by atoms with Crippen molar-refractivity contribution >= 4 is 23.6 Å². The average Bonchev–Trinajstić information content (AvgIpc) is 2.53. The van der Waals surface area contributed by atoms with Gasteiger partial charge < -0.3 is 10.0 Å². The summed E-state index contributed by atoms with van der Waals surface area (Å²) in [4.78, 5) is 23.4. The lowest BCUT2D eigenvalue weighted by Crippen LogP contribution is -2.41. The molecule has 2 heterocycles. The van der Waals surface area contributed by atoms with E-state index in [9.17, 15) is 9.59 Å². The fraction of sp³-hybridized carbons (Fsp3) is 0.714. The van der Waals surface area contributed by atoms with Gasteiger partial charge in [0.25, 0.3) is 0 Å². The first-order valence-electron chi connectivity index (χ1n) is 3.85. The van der Waals surface area contributed by atoms with Gasteiger partial charge in [0.2, 0.25) is 5.91 Å². The number of carbonyl (C=O) groups is 2. The zero-order valence-corrected chi connectivity index (χ0v) is 7.21. The number of amides is 1. The maximum atomic E-state index is 11.2. The zero-order chi connectivity index (χ0) is 8.72. The fourth-order valence-electron chi connectivity index (χ4n) is 1.69. The molecule has 2 aliphatic rings. The number of rotatable bonds is 1. The summed E-state index contributed by atoms with van der Waals surface area (Å²) in [7, 11) is 0. The van der Waals surface area contributed by atoms with Crippen LogP contribution in [0.3, 0.4) is 0 Å². The Morgan fingerprint density at radius 3 is 3.08 bits per heavy atom. The molecule has 2 atom stereocenters. The van der Waals surface area contributed by atoms with Crippen LogP contribution in [0.5, 0.6) is 0 Å². The molecule has 0 aromatic carbocycles. The van der Waals surface area contributed by atoms with Gasteiger partial charge in [0.15, 0.2) is 0 Å². The molecule has 2 saturated heterocycles. The van der Waals surface area contributed by atoms with Gasteiger partial charge in [0, 0.05) is 12.2 Å². The molecule has 1 unspecified atom stereocenters. The van der Waals surface area contributed by atoms with Gasteiger partial charge in [-0.15, -0.1) is 11.8 Å². The van der Waals surface area contributed by atoms with E-state index < -0.39 is 12.0 Å². The van der Waals surface area contributed by atoms with Crippen LogP contribution >= 0.6 is 11.8 Å². The molecular formula is C7H9NO3S. The molecule has 0 aliphatic carbocycles. The summed E-state index contributed by atoms with van der Waals surface area (Å²) in [6.45, 7) is 0. The van der Waals surface area contributed by atoms with Crippen molar-refractivity contribution in [3.63, 3.8) is 0 Å². The number of thioether (sulfide) groups is 1. The smallest absolute Gasteiger partial charge is 0.327 e. The Morgan fingerprint density at radius 1 is 1.67 bits per heavy atom. The number of nitrogens with zero attached hydrogens (tertiary/aromatic N) is 1. The molecule has 4 nitrogen and oxygen atoms in total. The van der Waals surface area contributed by atoms with E-state index in [0.29, 0.717) is 12.2 Å². The molecule has 5 heteroatoms. The second kappa shape index (κ2) is 2.65. The van der Waals surface area contributed by atoms with Gasteiger partial charge in [-0.05, 0) is 6.42 Å². The van der Waals surface area contributed by atoms with Crippen molar-refractivity contribution in [3.8, 4) is 0 Å². The predicted octanol–water partition coefficient (Wildman–Crippen LogP) is 0.135. The van der Waals surface area contributed by atoms with Gasteiger partial charge in [-0.2, -0.15) is 0 Å². The second-order valence-electron chi connectivity index (χ2n) is 2.98. The van der Waals surface area contributed by atoms with Gasteiger partial charge in [-0.1, -0.05) is 0 Å². The lowest BCUT2D eigenvalue weighted by molar-refractivity contribution is -0.147. The number of carboxylic acids is 1. The van der Waals surface area contributed by atoms with Crippen LogP contribution in [-0.4, -0.2) is 39.1 Å².